The summed E-state index contributed by atoms with van der Waals surface area (Å²) in [4.78, 5) is 11.2. The first-order chi connectivity index (χ1) is 7.13. The molecule has 1 atom stereocenters. The molecule has 0 radical (unpaired) electrons. The summed E-state index contributed by atoms with van der Waals surface area (Å²) >= 11 is 0. The van der Waals surface area contributed by atoms with E-state index in [0.29, 0.717) is 18.4 Å². The number of benzene rings is 1. The minimum absolute atomic E-state index is 0.0549. The van der Waals surface area contributed by atoms with Gasteiger partial charge < -0.3 is 4.74 Å². The standard InChI is InChI=1S/C11H10F2O2/c1-15-11-5-9(13)8(12)4-7(11)6-2-3-10(6)14/h4-6H,2-3H2,1H3. The Bertz CT molecular complexity index is 415. The normalized spacial score (nSPS) is 19.9. The van der Waals surface area contributed by atoms with E-state index >= 15 is 0 Å². The third-order valence-electron chi connectivity index (χ3n) is 2.72. The molecular formula is C11H10F2O2. The van der Waals surface area contributed by atoms with Gasteiger partial charge in [0.1, 0.15) is 11.5 Å². The molecule has 0 amide bonds. The van der Waals surface area contributed by atoms with Crippen molar-refractivity contribution in [3.05, 3.63) is 29.3 Å². The van der Waals surface area contributed by atoms with Crippen molar-refractivity contribution in [2.24, 2.45) is 0 Å². The zero-order chi connectivity index (χ0) is 11.0. The van der Waals surface area contributed by atoms with Crippen molar-refractivity contribution in [3.63, 3.8) is 0 Å². The topological polar surface area (TPSA) is 26.3 Å². The Hall–Kier alpha value is -1.45. The van der Waals surface area contributed by atoms with Gasteiger partial charge in [-0.15, -0.1) is 0 Å². The SMILES string of the molecule is COc1cc(F)c(F)cc1C1CCC1=O. The summed E-state index contributed by atoms with van der Waals surface area (Å²) in [6.45, 7) is 0. The number of rotatable bonds is 2. The Morgan fingerprint density at radius 2 is 2.00 bits per heavy atom. The molecule has 1 aromatic carbocycles. The molecule has 4 heteroatoms. The molecule has 0 aliphatic heterocycles. The molecule has 1 fully saturated rings. The van der Waals surface area contributed by atoms with Crippen LogP contribution in [0.5, 0.6) is 5.75 Å². The third-order valence-corrected chi connectivity index (χ3v) is 2.72. The molecule has 1 aromatic rings. The van der Waals surface area contributed by atoms with Gasteiger partial charge in [0.2, 0.25) is 0 Å². The lowest BCUT2D eigenvalue weighted by Gasteiger charge is -2.25. The van der Waals surface area contributed by atoms with Crippen LogP contribution in [0, 0.1) is 11.6 Å². The second-order valence-corrected chi connectivity index (χ2v) is 3.57. The Morgan fingerprint density at radius 3 is 2.47 bits per heavy atom. The van der Waals surface area contributed by atoms with Crippen molar-refractivity contribution in [3.8, 4) is 5.75 Å². The van der Waals surface area contributed by atoms with E-state index in [4.69, 9.17) is 4.74 Å². The molecule has 0 bridgehead atoms. The predicted octanol–water partition coefficient (Wildman–Crippen LogP) is 2.42. The van der Waals surface area contributed by atoms with Crippen LogP contribution in [0.2, 0.25) is 0 Å². The number of ketones is 1. The van der Waals surface area contributed by atoms with Crippen LogP contribution in [0.3, 0.4) is 0 Å². The third kappa shape index (κ3) is 1.60. The highest BCUT2D eigenvalue weighted by Crippen LogP contribution is 2.38. The van der Waals surface area contributed by atoms with Gasteiger partial charge in [-0.05, 0) is 12.5 Å². The Morgan fingerprint density at radius 1 is 1.33 bits per heavy atom. The van der Waals surface area contributed by atoms with Crippen LogP contribution in [-0.4, -0.2) is 12.9 Å². The lowest BCUT2D eigenvalue weighted by atomic mass is 9.78. The zero-order valence-corrected chi connectivity index (χ0v) is 8.22. The van der Waals surface area contributed by atoms with E-state index < -0.39 is 11.6 Å². The van der Waals surface area contributed by atoms with E-state index in [-0.39, 0.29) is 17.5 Å². The number of hydrogen-bond donors (Lipinski definition) is 0. The van der Waals surface area contributed by atoms with Crippen LogP contribution in [0.4, 0.5) is 8.78 Å². The molecule has 15 heavy (non-hydrogen) atoms. The molecule has 80 valence electrons. The zero-order valence-electron chi connectivity index (χ0n) is 8.22. The molecule has 1 aliphatic carbocycles. The van der Waals surface area contributed by atoms with Crippen LogP contribution >= 0.6 is 0 Å². The molecule has 0 saturated heterocycles. The first kappa shape index (κ1) is 10.1. The molecule has 0 heterocycles. The van der Waals surface area contributed by atoms with E-state index in [2.05, 4.69) is 0 Å². The number of hydrogen-bond acceptors (Lipinski definition) is 2. The van der Waals surface area contributed by atoms with E-state index in [1.807, 2.05) is 0 Å². The number of ether oxygens (including phenoxy) is 1. The van der Waals surface area contributed by atoms with E-state index in [1.54, 1.807) is 0 Å². The minimum atomic E-state index is -0.956. The summed E-state index contributed by atoms with van der Waals surface area (Å²) < 4.78 is 30.8. The summed E-state index contributed by atoms with van der Waals surface area (Å²) in [6.07, 6.45) is 1.19. The average Bonchev–Trinajstić information content (AvgIpc) is 2.21. The largest absolute Gasteiger partial charge is 0.496 e. The number of methoxy groups -OCH3 is 1. The van der Waals surface area contributed by atoms with Crippen LogP contribution < -0.4 is 4.74 Å². The van der Waals surface area contributed by atoms with Gasteiger partial charge in [-0.3, -0.25) is 4.79 Å². The minimum Gasteiger partial charge on any atom is -0.496 e. The van der Waals surface area contributed by atoms with Crippen LogP contribution in [0.15, 0.2) is 12.1 Å². The number of Topliss-reactive ketones (excluding diaryl/α,β-unsaturated/α-hetero) is 1. The molecule has 2 rings (SSSR count). The quantitative estimate of drug-likeness (QED) is 0.752. The van der Waals surface area contributed by atoms with Crippen molar-refractivity contribution in [2.45, 2.75) is 18.8 Å². The molecule has 0 aromatic heterocycles. The van der Waals surface area contributed by atoms with Crippen molar-refractivity contribution in [2.75, 3.05) is 7.11 Å². The first-order valence-electron chi connectivity index (χ1n) is 4.69. The molecular weight excluding hydrogens is 202 g/mol. The van der Waals surface area contributed by atoms with E-state index in [0.717, 1.165) is 12.1 Å². The van der Waals surface area contributed by atoms with Gasteiger partial charge in [-0.1, -0.05) is 0 Å². The molecule has 1 saturated carbocycles. The average molecular weight is 212 g/mol. The lowest BCUT2D eigenvalue weighted by Crippen LogP contribution is -2.24. The van der Waals surface area contributed by atoms with Gasteiger partial charge in [0.15, 0.2) is 11.6 Å². The number of carbonyl (C=O) groups excluding carboxylic acids is 1. The van der Waals surface area contributed by atoms with Gasteiger partial charge in [0, 0.05) is 24.0 Å². The smallest absolute Gasteiger partial charge is 0.162 e. The van der Waals surface area contributed by atoms with Crippen molar-refractivity contribution in [1.29, 1.82) is 0 Å². The van der Waals surface area contributed by atoms with Gasteiger partial charge in [0.05, 0.1) is 7.11 Å². The van der Waals surface area contributed by atoms with Crippen molar-refractivity contribution >= 4 is 5.78 Å². The van der Waals surface area contributed by atoms with Crippen molar-refractivity contribution in [1.82, 2.24) is 0 Å². The van der Waals surface area contributed by atoms with Gasteiger partial charge in [0.25, 0.3) is 0 Å². The molecule has 2 nitrogen and oxygen atoms in total. The Labute approximate surface area is 85.9 Å². The fourth-order valence-corrected chi connectivity index (χ4v) is 1.73. The predicted molar refractivity (Wildman–Crippen MR) is 49.9 cm³/mol. The number of carbonyl (C=O) groups is 1. The Kier molecular flexibility index (Phi) is 2.42. The molecule has 0 spiro atoms. The fraction of sp³-hybridized carbons (Fsp3) is 0.364. The molecule has 0 N–H and O–H groups in total. The summed E-state index contributed by atoms with van der Waals surface area (Å²) in [5, 5.41) is 0. The van der Waals surface area contributed by atoms with Crippen LogP contribution in [0.1, 0.15) is 24.3 Å². The summed E-state index contributed by atoms with van der Waals surface area (Å²) in [7, 11) is 1.37. The molecule has 1 aliphatic rings. The van der Waals surface area contributed by atoms with Crippen molar-refractivity contribution < 1.29 is 18.3 Å². The Balaban J connectivity index is 2.44. The highest BCUT2D eigenvalue weighted by molar-refractivity contribution is 5.91. The number of halogens is 2. The first-order valence-corrected chi connectivity index (χ1v) is 4.69. The highest BCUT2D eigenvalue weighted by Gasteiger charge is 2.32. The van der Waals surface area contributed by atoms with Crippen LogP contribution in [0.25, 0.3) is 0 Å². The summed E-state index contributed by atoms with van der Waals surface area (Å²) in [5.74, 6) is -1.92. The summed E-state index contributed by atoms with van der Waals surface area (Å²) in [5.41, 5.74) is 0.452. The fourth-order valence-electron chi connectivity index (χ4n) is 1.73. The van der Waals surface area contributed by atoms with Gasteiger partial charge in [-0.2, -0.15) is 0 Å². The summed E-state index contributed by atoms with van der Waals surface area (Å²) in [6, 6.07) is 2.03. The highest BCUT2D eigenvalue weighted by atomic mass is 19.2. The maximum Gasteiger partial charge on any atom is 0.162 e. The monoisotopic (exact) mass is 212 g/mol. The second-order valence-electron chi connectivity index (χ2n) is 3.57. The van der Waals surface area contributed by atoms with Crippen LogP contribution in [-0.2, 0) is 4.79 Å². The lowest BCUT2D eigenvalue weighted by molar-refractivity contribution is -0.125. The maximum absolute atomic E-state index is 13.0. The van der Waals surface area contributed by atoms with E-state index in [1.165, 1.54) is 7.11 Å². The second kappa shape index (κ2) is 3.61. The van der Waals surface area contributed by atoms with Gasteiger partial charge in [-0.25, -0.2) is 8.78 Å². The van der Waals surface area contributed by atoms with Gasteiger partial charge >= 0.3 is 0 Å². The van der Waals surface area contributed by atoms with E-state index in [9.17, 15) is 13.6 Å². The molecule has 1 unspecified atom stereocenters. The maximum atomic E-state index is 13.0.